The van der Waals surface area contributed by atoms with Gasteiger partial charge < -0.3 is 19.8 Å². The topological polar surface area (TPSA) is 63.4 Å². The molecule has 1 amide bonds. The van der Waals surface area contributed by atoms with Crippen molar-refractivity contribution in [3.8, 4) is 5.75 Å². The zero-order valence-corrected chi connectivity index (χ0v) is 9.32. The molecule has 1 saturated heterocycles. The smallest absolute Gasteiger partial charge is 0.408 e. The van der Waals surface area contributed by atoms with Crippen molar-refractivity contribution in [2.75, 3.05) is 13.7 Å². The summed E-state index contributed by atoms with van der Waals surface area (Å²) in [6.07, 6.45) is -0.605. The number of alkyl carbamates (subject to hydrolysis) is 1. The number of benzene rings is 1. The highest BCUT2D eigenvalue weighted by atomic mass is 16.6. The van der Waals surface area contributed by atoms with Crippen LogP contribution in [-0.4, -0.2) is 24.7 Å². The first-order valence-corrected chi connectivity index (χ1v) is 5.37. The molecule has 5 heteroatoms. The van der Waals surface area contributed by atoms with Crippen LogP contribution in [0.5, 0.6) is 5.75 Å². The number of hydrogen-bond acceptors (Lipinski definition) is 3. The lowest BCUT2D eigenvalue weighted by Gasteiger charge is -2.03. The van der Waals surface area contributed by atoms with Crippen molar-refractivity contribution in [3.05, 3.63) is 30.0 Å². The SMILES string of the molecule is COc1ccc2cc(C3CNC(=O)O3)[nH]c2c1. The van der Waals surface area contributed by atoms with Crippen molar-refractivity contribution >= 4 is 17.0 Å². The minimum atomic E-state index is -0.369. The summed E-state index contributed by atoms with van der Waals surface area (Å²) in [7, 11) is 1.63. The largest absolute Gasteiger partial charge is 0.497 e. The Kier molecular flexibility index (Phi) is 2.18. The fraction of sp³-hybridized carbons (Fsp3) is 0.250. The third-order valence-electron chi connectivity index (χ3n) is 2.88. The van der Waals surface area contributed by atoms with Crippen LogP contribution in [0.3, 0.4) is 0 Å². The van der Waals surface area contributed by atoms with E-state index >= 15 is 0 Å². The predicted octanol–water partition coefficient (Wildman–Crippen LogP) is 1.96. The van der Waals surface area contributed by atoms with Gasteiger partial charge >= 0.3 is 6.09 Å². The van der Waals surface area contributed by atoms with Gasteiger partial charge in [0.1, 0.15) is 5.75 Å². The van der Waals surface area contributed by atoms with Gasteiger partial charge in [0.2, 0.25) is 0 Å². The highest BCUT2D eigenvalue weighted by molar-refractivity contribution is 5.82. The van der Waals surface area contributed by atoms with Gasteiger partial charge in [-0.15, -0.1) is 0 Å². The van der Waals surface area contributed by atoms with E-state index in [1.807, 2.05) is 24.3 Å². The monoisotopic (exact) mass is 232 g/mol. The van der Waals surface area contributed by atoms with Gasteiger partial charge in [0, 0.05) is 17.0 Å². The average Bonchev–Trinajstić information content (AvgIpc) is 2.93. The zero-order chi connectivity index (χ0) is 11.8. The number of rotatable bonds is 2. The van der Waals surface area contributed by atoms with E-state index < -0.39 is 0 Å². The molecule has 17 heavy (non-hydrogen) atoms. The Balaban J connectivity index is 1.98. The van der Waals surface area contributed by atoms with Crippen LogP contribution in [0, 0.1) is 0 Å². The Morgan fingerprint density at radius 2 is 2.29 bits per heavy atom. The number of methoxy groups -OCH3 is 1. The molecule has 0 aliphatic carbocycles. The number of carbonyl (C=O) groups excluding carboxylic acids is 1. The van der Waals surface area contributed by atoms with Gasteiger partial charge in [-0.25, -0.2) is 4.79 Å². The first-order valence-electron chi connectivity index (χ1n) is 5.37. The lowest BCUT2D eigenvalue weighted by molar-refractivity contribution is 0.139. The highest BCUT2D eigenvalue weighted by Crippen LogP contribution is 2.26. The minimum absolute atomic E-state index is 0.235. The molecule has 0 radical (unpaired) electrons. The van der Waals surface area contributed by atoms with Crippen molar-refractivity contribution in [1.82, 2.24) is 10.3 Å². The third-order valence-corrected chi connectivity index (χ3v) is 2.88. The van der Waals surface area contributed by atoms with Crippen molar-refractivity contribution in [1.29, 1.82) is 0 Å². The van der Waals surface area contributed by atoms with Crippen molar-refractivity contribution < 1.29 is 14.3 Å². The maximum Gasteiger partial charge on any atom is 0.408 e. The number of amides is 1. The summed E-state index contributed by atoms with van der Waals surface area (Å²) in [5.74, 6) is 0.799. The second-order valence-corrected chi connectivity index (χ2v) is 3.95. The van der Waals surface area contributed by atoms with Crippen LogP contribution in [0.15, 0.2) is 24.3 Å². The average molecular weight is 232 g/mol. The number of nitrogens with one attached hydrogen (secondary N) is 2. The first-order chi connectivity index (χ1) is 8.26. The molecule has 2 heterocycles. The first kappa shape index (κ1) is 10.0. The quantitative estimate of drug-likeness (QED) is 0.831. The highest BCUT2D eigenvalue weighted by Gasteiger charge is 2.25. The lowest BCUT2D eigenvalue weighted by Crippen LogP contribution is -2.12. The van der Waals surface area contributed by atoms with Crippen LogP contribution in [0.25, 0.3) is 10.9 Å². The van der Waals surface area contributed by atoms with Gasteiger partial charge in [-0.05, 0) is 18.2 Å². The Labute approximate surface area is 97.7 Å². The molecular formula is C12H12N2O3. The summed E-state index contributed by atoms with van der Waals surface area (Å²) < 4.78 is 10.3. The van der Waals surface area contributed by atoms with Crippen LogP contribution in [0.1, 0.15) is 11.8 Å². The summed E-state index contributed by atoms with van der Waals surface area (Å²) >= 11 is 0. The van der Waals surface area contributed by atoms with Crippen molar-refractivity contribution in [3.63, 3.8) is 0 Å². The molecule has 1 aromatic carbocycles. The molecule has 1 aliphatic heterocycles. The molecule has 2 N–H and O–H groups in total. The Hall–Kier alpha value is -2.17. The number of ether oxygens (including phenoxy) is 2. The van der Waals surface area contributed by atoms with Crippen LogP contribution in [0.2, 0.25) is 0 Å². The van der Waals surface area contributed by atoms with Crippen molar-refractivity contribution in [2.24, 2.45) is 0 Å². The summed E-state index contributed by atoms with van der Waals surface area (Å²) in [4.78, 5) is 14.2. The number of hydrogen-bond donors (Lipinski definition) is 2. The molecule has 1 unspecified atom stereocenters. The molecular weight excluding hydrogens is 220 g/mol. The summed E-state index contributed by atoms with van der Waals surface area (Å²) in [5, 5.41) is 3.70. The fourth-order valence-electron chi connectivity index (χ4n) is 1.99. The summed E-state index contributed by atoms with van der Waals surface area (Å²) in [5.41, 5.74) is 1.87. The van der Waals surface area contributed by atoms with Gasteiger partial charge in [0.25, 0.3) is 0 Å². The van der Waals surface area contributed by atoms with E-state index in [9.17, 15) is 4.79 Å². The van der Waals surface area contributed by atoms with Gasteiger partial charge in [-0.3, -0.25) is 0 Å². The second-order valence-electron chi connectivity index (χ2n) is 3.95. The molecule has 88 valence electrons. The molecule has 1 atom stereocenters. The van der Waals surface area contributed by atoms with E-state index in [0.717, 1.165) is 22.3 Å². The molecule has 0 saturated carbocycles. The molecule has 1 aliphatic rings. The van der Waals surface area contributed by atoms with E-state index in [0.29, 0.717) is 6.54 Å². The number of H-pyrrole nitrogens is 1. The summed E-state index contributed by atoms with van der Waals surface area (Å²) in [6, 6.07) is 7.78. The van der Waals surface area contributed by atoms with E-state index in [2.05, 4.69) is 10.3 Å². The molecule has 3 rings (SSSR count). The molecule has 1 aromatic heterocycles. The minimum Gasteiger partial charge on any atom is -0.497 e. The second kappa shape index (κ2) is 3.69. The number of fused-ring (bicyclic) bond motifs is 1. The number of cyclic esters (lactones) is 1. The van der Waals surface area contributed by atoms with Gasteiger partial charge in [0.15, 0.2) is 6.10 Å². The van der Waals surface area contributed by atoms with Crippen LogP contribution in [0.4, 0.5) is 4.79 Å². The number of aromatic amines is 1. The number of carbonyl (C=O) groups is 1. The lowest BCUT2D eigenvalue weighted by atomic mass is 10.2. The van der Waals surface area contributed by atoms with Crippen molar-refractivity contribution in [2.45, 2.75) is 6.10 Å². The number of aromatic nitrogens is 1. The van der Waals surface area contributed by atoms with Gasteiger partial charge in [-0.2, -0.15) is 0 Å². The standard InChI is InChI=1S/C12H12N2O3/c1-16-8-3-2-7-4-10(14-9(7)5-8)11-6-13-12(15)17-11/h2-5,11,14H,6H2,1H3,(H,13,15). The van der Waals surface area contributed by atoms with E-state index in [4.69, 9.17) is 9.47 Å². The molecule has 2 aromatic rings. The Bertz CT molecular complexity index is 576. The predicted molar refractivity (Wildman–Crippen MR) is 62.1 cm³/mol. The molecule has 1 fully saturated rings. The Morgan fingerprint density at radius 1 is 1.41 bits per heavy atom. The van der Waals surface area contributed by atoms with E-state index in [1.165, 1.54) is 0 Å². The Morgan fingerprint density at radius 3 is 3.00 bits per heavy atom. The van der Waals surface area contributed by atoms with Crippen LogP contribution in [-0.2, 0) is 4.74 Å². The third kappa shape index (κ3) is 1.69. The maximum absolute atomic E-state index is 11.0. The fourth-order valence-corrected chi connectivity index (χ4v) is 1.99. The van der Waals surface area contributed by atoms with Gasteiger partial charge in [0.05, 0.1) is 19.3 Å². The normalized spacial score (nSPS) is 19.1. The van der Waals surface area contributed by atoms with Gasteiger partial charge in [-0.1, -0.05) is 0 Å². The van der Waals surface area contributed by atoms with E-state index in [1.54, 1.807) is 7.11 Å². The molecule has 0 spiro atoms. The summed E-state index contributed by atoms with van der Waals surface area (Å²) in [6.45, 7) is 0.503. The van der Waals surface area contributed by atoms with Crippen LogP contribution < -0.4 is 10.1 Å². The zero-order valence-electron chi connectivity index (χ0n) is 9.32. The molecule has 0 bridgehead atoms. The maximum atomic E-state index is 11.0. The van der Waals surface area contributed by atoms with Crippen LogP contribution >= 0.6 is 0 Å². The van der Waals surface area contributed by atoms with E-state index in [-0.39, 0.29) is 12.2 Å². The molecule has 5 nitrogen and oxygen atoms in total.